The zero-order valence-corrected chi connectivity index (χ0v) is 34.0. The van der Waals surface area contributed by atoms with Gasteiger partial charge < -0.3 is 23.9 Å². The zero-order valence-electron chi connectivity index (χ0n) is 31.0. The Morgan fingerprint density at radius 3 is 2.28 bits per heavy atom. The van der Waals surface area contributed by atoms with Crippen LogP contribution >= 0.6 is 46.4 Å². The number of halogens is 4. The molecule has 14 nitrogen and oxygen atoms in total. The lowest BCUT2D eigenvalue weighted by atomic mass is 9.59. The number of carbonyl (C=O) groups is 2. The predicted octanol–water partition coefficient (Wildman–Crippen LogP) is 5.07. The van der Waals surface area contributed by atoms with Crippen molar-refractivity contribution in [3.05, 3.63) is 131 Å². The Hall–Kier alpha value is -5.28. The Bertz CT molecular complexity index is 2830. The fraction of sp³-hybridized carbons (Fsp3) is 0.300. The fourth-order valence-corrected chi connectivity index (χ4v) is 9.76. The van der Waals surface area contributed by atoms with Crippen molar-refractivity contribution in [2.45, 2.75) is 54.2 Å². The second kappa shape index (κ2) is 14.5. The van der Waals surface area contributed by atoms with Gasteiger partial charge >= 0.3 is 11.4 Å². The minimum atomic E-state index is -2.34. The SMILES string of the molecule is COc1cc2nc(CCn3c(=O)n4n(c3=O)C3CC5(Cl)C(=O)C(Cl)=C(Cl)C(=O)C5(Cl)C(c5ccc(OCc6ccccc6)cc5O)C3=CC4)c(=O)n(C)c2cc1OC. The molecule has 3 aliphatic rings. The maximum Gasteiger partial charge on any atom is 0.347 e. The Morgan fingerprint density at radius 2 is 1.59 bits per heavy atom. The van der Waals surface area contributed by atoms with Gasteiger partial charge in [0.15, 0.2) is 23.1 Å². The number of Topliss-reactive ketones (excluding diaryl/α,β-unsaturated/α-hetero) is 2. The van der Waals surface area contributed by atoms with E-state index in [-0.39, 0.29) is 43.1 Å². The fourth-order valence-electron chi connectivity index (χ4n) is 8.24. The van der Waals surface area contributed by atoms with E-state index in [9.17, 15) is 29.1 Å². The van der Waals surface area contributed by atoms with Gasteiger partial charge in [-0.05, 0) is 17.2 Å². The molecule has 0 radical (unpaired) electrons. The van der Waals surface area contributed by atoms with Crippen LogP contribution in [0.4, 0.5) is 0 Å². The number of nitrogens with zero attached hydrogens (tertiary/aromatic N) is 5. The zero-order chi connectivity index (χ0) is 41.4. The molecule has 3 aromatic carbocycles. The van der Waals surface area contributed by atoms with Gasteiger partial charge in [-0.15, -0.1) is 23.2 Å². The number of methoxy groups -OCH3 is 2. The number of aromatic hydroxyl groups is 1. The lowest BCUT2D eigenvalue weighted by Gasteiger charge is -2.54. The van der Waals surface area contributed by atoms with Crippen molar-refractivity contribution >= 4 is 69.0 Å². The number of fused-ring (bicyclic) bond motifs is 5. The Kier molecular flexibility index (Phi) is 9.90. The quantitative estimate of drug-likeness (QED) is 0.156. The summed E-state index contributed by atoms with van der Waals surface area (Å²) in [6.45, 7) is -0.205. The average molecular weight is 870 g/mol. The third-order valence-electron chi connectivity index (χ3n) is 11.2. The molecule has 1 saturated carbocycles. The number of allylic oxidation sites excluding steroid dienone is 4. The lowest BCUT2D eigenvalue weighted by Crippen LogP contribution is -2.67. The third-order valence-corrected chi connectivity index (χ3v) is 13.4. The van der Waals surface area contributed by atoms with Crippen molar-refractivity contribution in [3.63, 3.8) is 0 Å². The van der Waals surface area contributed by atoms with Crippen LogP contribution in [0.3, 0.4) is 0 Å². The van der Waals surface area contributed by atoms with Crippen molar-refractivity contribution in [1.82, 2.24) is 23.5 Å². The first-order valence-corrected chi connectivity index (χ1v) is 19.4. The topological polar surface area (TPSA) is 166 Å². The van der Waals surface area contributed by atoms with Crippen LogP contribution in [-0.2, 0) is 42.8 Å². The van der Waals surface area contributed by atoms with Crippen LogP contribution in [-0.4, -0.2) is 64.1 Å². The number of ketones is 2. The largest absolute Gasteiger partial charge is 0.508 e. The Labute approximate surface area is 349 Å². The second-order valence-corrected chi connectivity index (χ2v) is 16.2. The molecule has 0 spiro atoms. The van der Waals surface area contributed by atoms with E-state index >= 15 is 0 Å². The van der Waals surface area contributed by atoms with Crippen LogP contribution < -0.4 is 31.1 Å². The normalized spacial score (nSPS) is 22.6. The summed E-state index contributed by atoms with van der Waals surface area (Å²) in [5.41, 5.74) is 0.348. The van der Waals surface area contributed by atoms with Crippen LogP contribution in [0, 0.1) is 0 Å². The van der Waals surface area contributed by atoms with Gasteiger partial charge in [-0.2, -0.15) is 0 Å². The number of aromatic nitrogens is 5. The number of rotatable bonds is 9. The molecule has 0 saturated heterocycles. The van der Waals surface area contributed by atoms with Crippen LogP contribution in [0.1, 0.15) is 35.2 Å². The van der Waals surface area contributed by atoms with Gasteiger partial charge in [0.05, 0.1) is 37.8 Å². The molecule has 4 atom stereocenters. The number of benzene rings is 3. The summed E-state index contributed by atoms with van der Waals surface area (Å²) in [6.07, 6.45) is 1.06. The number of phenols is 1. The van der Waals surface area contributed by atoms with Crippen LogP contribution in [0.15, 0.2) is 96.8 Å². The molecule has 300 valence electrons. The molecule has 58 heavy (non-hydrogen) atoms. The highest BCUT2D eigenvalue weighted by Crippen LogP contribution is 2.64. The van der Waals surface area contributed by atoms with Gasteiger partial charge in [-0.3, -0.25) is 14.4 Å². The number of alkyl halides is 2. The maximum atomic E-state index is 14.4. The second-order valence-electron chi connectivity index (χ2n) is 14.2. The average Bonchev–Trinajstić information content (AvgIpc) is 3.47. The number of hydrogen-bond acceptors (Lipinski definition) is 10. The number of aryl methyl sites for hydroxylation is 2. The van der Waals surface area contributed by atoms with Gasteiger partial charge in [0.25, 0.3) is 5.56 Å². The number of phenolic OH excluding ortho intramolecular Hbond substituents is 1. The standard InChI is InChI=1S/C40H33Cl4N5O9/c1-46-26-17-30(57-3)29(56-2)16-25(26)45-24(36(46)53)12-13-47-37(54)48-14-11-22-27(49(48)38(47)55)18-39(43)34(51)32(41)33(42)35(52)40(39,44)31(22)23-10-9-21(15-28(23)50)58-19-20-7-5-4-6-8-20/h4-11,15-17,27,31,50H,12-14,18-19H2,1-3H3. The van der Waals surface area contributed by atoms with Gasteiger partial charge in [0.2, 0.25) is 0 Å². The van der Waals surface area contributed by atoms with E-state index in [1.165, 1.54) is 35.6 Å². The number of ether oxygens (including phenoxy) is 3. The predicted molar refractivity (Wildman–Crippen MR) is 216 cm³/mol. The van der Waals surface area contributed by atoms with Crippen molar-refractivity contribution in [3.8, 4) is 23.0 Å². The molecule has 4 unspecified atom stereocenters. The molecule has 1 aliphatic heterocycles. The van der Waals surface area contributed by atoms with Gasteiger partial charge in [-0.1, -0.05) is 65.7 Å². The van der Waals surface area contributed by atoms with Gasteiger partial charge in [-0.25, -0.2) is 28.5 Å². The highest BCUT2D eigenvalue weighted by molar-refractivity contribution is 6.66. The van der Waals surface area contributed by atoms with E-state index in [1.807, 2.05) is 30.3 Å². The summed E-state index contributed by atoms with van der Waals surface area (Å²) in [5, 5.41) is 10.3. The van der Waals surface area contributed by atoms with Crippen LogP contribution in [0.2, 0.25) is 0 Å². The third kappa shape index (κ3) is 5.82. The highest BCUT2D eigenvalue weighted by Gasteiger charge is 2.71. The first-order chi connectivity index (χ1) is 27.7. The Morgan fingerprint density at radius 1 is 0.897 bits per heavy atom. The van der Waals surface area contributed by atoms with E-state index in [0.29, 0.717) is 33.9 Å². The van der Waals surface area contributed by atoms with E-state index in [2.05, 4.69) is 4.98 Å². The smallest absolute Gasteiger partial charge is 0.347 e. The Balaban J connectivity index is 1.20. The lowest BCUT2D eigenvalue weighted by molar-refractivity contribution is -0.128. The molecule has 18 heteroatoms. The van der Waals surface area contributed by atoms with E-state index in [0.717, 1.165) is 14.8 Å². The van der Waals surface area contributed by atoms with Crippen molar-refractivity contribution in [2.75, 3.05) is 14.2 Å². The summed E-state index contributed by atoms with van der Waals surface area (Å²) in [6, 6.07) is 15.9. The summed E-state index contributed by atoms with van der Waals surface area (Å²) in [4.78, 5) is 69.9. The molecular formula is C40H33Cl4N5O9. The molecule has 0 bridgehead atoms. The minimum absolute atomic E-state index is 0.0853. The van der Waals surface area contributed by atoms with Crippen molar-refractivity contribution < 1.29 is 28.9 Å². The minimum Gasteiger partial charge on any atom is -0.508 e. The first-order valence-electron chi connectivity index (χ1n) is 17.9. The van der Waals surface area contributed by atoms with Gasteiger partial charge in [0.1, 0.15) is 43.6 Å². The van der Waals surface area contributed by atoms with Crippen LogP contribution in [0.5, 0.6) is 23.0 Å². The monoisotopic (exact) mass is 867 g/mol. The summed E-state index contributed by atoms with van der Waals surface area (Å²) < 4.78 is 21.4. The van der Waals surface area contributed by atoms with Crippen molar-refractivity contribution in [1.29, 1.82) is 0 Å². The number of hydrogen-bond donors (Lipinski definition) is 1. The number of carbonyl (C=O) groups excluding carboxylic acids is 2. The van der Waals surface area contributed by atoms with Crippen LogP contribution in [0.25, 0.3) is 11.0 Å². The molecule has 2 aliphatic carbocycles. The van der Waals surface area contributed by atoms with Crippen molar-refractivity contribution in [2.24, 2.45) is 7.05 Å². The molecule has 5 aromatic rings. The van der Waals surface area contributed by atoms with E-state index in [4.69, 9.17) is 60.6 Å². The highest BCUT2D eigenvalue weighted by atomic mass is 35.5. The van der Waals surface area contributed by atoms with E-state index < -0.39 is 66.7 Å². The molecule has 2 aromatic heterocycles. The maximum absolute atomic E-state index is 14.4. The molecule has 3 heterocycles. The molecule has 0 amide bonds. The molecule has 1 fully saturated rings. The summed E-state index contributed by atoms with van der Waals surface area (Å²) in [7, 11) is 4.51. The molecule has 8 rings (SSSR count). The van der Waals surface area contributed by atoms with E-state index in [1.54, 1.807) is 31.3 Å². The molecule has 1 N–H and O–H groups in total. The summed E-state index contributed by atoms with van der Waals surface area (Å²) >= 11 is 27.3. The van der Waals surface area contributed by atoms with Gasteiger partial charge in [0, 0.05) is 56.1 Å². The molecular weight excluding hydrogens is 836 g/mol. The summed E-state index contributed by atoms with van der Waals surface area (Å²) in [5.74, 6) is -2.52. The first kappa shape index (κ1) is 39.5.